The molecule has 3 fully saturated rings. The first-order chi connectivity index (χ1) is 9.25. The van der Waals surface area contributed by atoms with E-state index in [-0.39, 0.29) is 17.7 Å². The largest absolute Gasteiger partial charge is 0.336 e. The van der Waals surface area contributed by atoms with Crippen molar-refractivity contribution in [2.45, 2.75) is 57.4 Å². The van der Waals surface area contributed by atoms with Gasteiger partial charge in [-0.25, -0.2) is 0 Å². The molecule has 19 heavy (non-hydrogen) atoms. The maximum Gasteiger partial charge on any atom is 0.242 e. The summed E-state index contributed by atoms with van der Waals surface area (Å²) in [6.45, 7) is 1.82. The first kappa shape index (κ1) is 12.9. The predicted octanol–water partition coefficient (Wildman–Crippen LogP) is 1.79. The summed E-state index contributed by atoms with van der Waals surface area (Å²) in [4.78, 5) is 28.4. The Morgan fingerprint density at radius 1 is 0.947 bits per heavy atom. The minimum Gasteiger partial charge on any atom is -0.336 e. The van der Waals surface area contributed by atoms with Gasteiger partial charge in [0.2, 0.25) is 11.8 Å². The Morgan fingerprint density at radius 3 is 2.21 bits per heavy atom. The Morgan fingerprint density at radius 2 is 1.63 bits per heavy atom. The second-order valence-corrected chi connectivity index (χ2v) is 6.27. The molecular weight excluding hydrogens is 240 g/mol. The van der Waals surface area contributed by atoms with Gasteiger partial charge in [-0.2, -0.15) is 0 Å². The van der Waals surface area contributed by atoms with Crippen LogP contribution in [-0.2, 0) is 9.59 Å². The topological polar surface area (TPSA) is 40.6 Å². The fraction of sp³-hybridized carbons (Fsp3) is 0.867. The predicted molar refractivity (Wildman–Crippen MR) is 72.5 cm³/mol. The second kappa shape index (κ2) is 5.51. The van der Waals surface area contributed by atoms with Crippen LogP contribution in [0.3, 0.4) is 0 Å². The van der Waals surface area contributed by atoms with E-state index in [9.17, 15) is 9.59 Å². The van der Waals surface area contributed by atoms with E-state index in [1.807, 2.05) is 9.80 Å². The minimum absolute atomic E-state index is 0.163. The third-order valence-corrected chi connectivity index (χ3v) is 4.76. The van der Waals surface area contributed by atoms with Gasteiger partial charge in [0.25, 0.3) is 0 Å². The molecule has 3 aliphatic rings. The third kappa shape index (κ3) is 2.93. The lowest BCUT2D eigenvalue weighted by Crippen LogP contribution is -2.54. The summed E-state index contributed by atoms with van der Waals surface area (Å²) >= 11 is 0. The summed E-state index contributed by atoms with van der Waals surface area (Å²) in [5, 5.41) is 0. The molecule has 0 bridgehead atoms. The van der Waals surface area contributed by atoms with E-state index in [0.717, 1.165) is 38.8 Å². The number of amides is 2. The van der Waals surface area contributed by atoms with E-state index >= 15 is 0 Å². The van der Waals surface area contributed by atoms with Crippen LogP contribution in [0.1, 0.15) is 51.4 Å². The maximum atomic E-state index is 12.5. The van der Waals surface area contributed by atoms with Crippen LogP contribution >= 0.6 is 0 Å². The van der Waals surface area contributed by atoms with E-state index in [0.29, 0.717) is 12.6 Å². The molecule has 1 heterocycles. The van der Waals surface area contributed by atoms with Gasteiger partial charge in [-0.15, -0.1) is 0 Å². The standard InChI is InChI=1S/C15H24N2O2/c18-14-11-16(9-10-17(14)13-7-8-13)15(19)12-5-3-1-2-4-6-12/h12-13H,1-11H2. The summed E-state index contributed by atoms with van der Waals surface area (Å²) in [7, 11) is 0. The fourth-order valence-electron chi connectivity index (χ4n) is 3.43. The molecule has 0 N–H and O–H groups in total. The first-order valence-electron chi connectivity index (χ1n) is 7.84. The van der Waals surface area contributed by atoms with Crippen molar-refractivity contribution < 1.29 is 9.59 Å². The van der Waals surface area contributed by atoms with Crippen LogP contribution in [0.2, 0.25) is 0 Å². The molecule has 0 aromatic carbocycles. The molecule has 106 valence electrons. The van der Waals surface area contributed by atoms with Crippen LogP contribution in [0.4, 0.5) is 0 Å². The summed E-state index contributed by atoms with van der Waals surface area (Å²) < 4.78 is 0. The molecular formula is C15H24N2O2. The summed E-state index contributed by atoms with van der Waals surface area (Å²) in [6, 6.07) is 0.489. The fourth-order valence-corrected chi connectivity index (χ4v) is 3.43. The van der Waals surface area contributed by atoms with E-state index in [4.69, 9.17) is 0 Å². The lowest BCUT2D eigenvalue weighted by atomic mass is 9.98. The van der Waals surface area contributed by atoms with Gasteiger partial charge in [0, 0.05) is 25.0 Å². The zero-order chi connectivity index (χ0) is 13.2. The highest BCUT2D eigenvalue weighted by Gasteiger charge is 2.37. The molecule has 4 heteroatoms. The Balaban J connectivity index is 1.56. The molecule has 1 saturated heterocycles. The average Bonchev–Trinajstić information content (AvgIpc) is 3.24. The van der Waals surface area contributed by atoms with Gasteiger partial charge in [-0.3, -0.25) is 9.59 Å². The smallest absolute Gasteiger partial charge is 0.242 e. The molecule has 0 spiro atoms. The number of rotatable bonds is 2. The Labute approximate surface area is 115 Å². The van der Waals surface area contributed by atoms with Gasteiger partial charge in [0.1, 0.15) is 0 Å². The zero-order valence-electron chi connectivity index (χ0n) is 11.6. The van der Waals surface area contributed by atoms with Crippen molar-refractivity contribution in [3.8, 4) is 0 Å². The number of nitrogens with zero attached hydrogens (tertiary/aromatic N) is 2. The van der Waals surface area contributed by atoms with Crippen molar-refractivity contribution in [1.82, 2.24) is 9.80 Å². The second-order valence-electron chi connectivity index (χ2n) is 6.27. The Kier molecular flexibility index (Phi) is 3.76. The molecule has 0 aromatic rings. The van der Waals surface area contributed by atoms with Gasteiger partial charge in [0.15, 0.2) is 0 Å². The zero-order valence-corrected chi connectivity index (χ0v) is 11.6. The van der Waals surface area contributed by atoms with Gasteiger partial charge in [-0.1, -0.05) is 25.7 Å². The van der Waals surface area contributed by atoms with E-state index < -0.39 is 0 Å². The van der Waals surface area contributed by atoms with E-state index in [2.05, 4.69) is 0 Å². The number of carbonyl (C=O) groups is 2. The van der Waals surface area contributed by atoms with Crippen molar-refractivity contribution >= 4 is 11.8 Å². The average molecular weight is 264 g/mol. The van der Waals surface area contributed by atoms with Gasteiger partial charge in [-0.05, 0) is 25.7 Å². The lowest BCUT2D eigenvalue weighted by Gasteiger charge is -2.36. The third-order valence-electron chi connectivity index (χ3n) is 4.76. The number of carbonyl (C=O) groups excluding carboxylic acids is 2. The highest BCUT2D eigenvalue weighted by Crippen LogP contribution is 2.29. The van der Waals surface area contributed by atoms with Crippen molar-refractivity contribution in [2.24, 2.45) is 5.92 Å². The summed E-state index contributed by atoms with van der Waals surface area (Å²) in [5.74, 6) is 0.587. The summed E-state index contributed by atoms with van der Waals surface area (Å²) in [6.07, 6.45) is 9.23. The molecule has 0 aromatic heterocycles. The SMILES string of the molecule is O=C(C1CCCCCC1)N1CCN(C2CC2)C(=O)C1. The number of hydrogen-bond acceptors (Lipinski definition) is 2. The van der Waals surface area contributed by atoms with Gasteiger partial charge in [0.05, 0.1) is 6.54 Å². The summed E-state index contributed by atoms with van der Waals surface area (Å²) in [5.41, 5.74) is 0. The van der Waals surface area contributed by atoms with Crippen molar-refractivity contribution in [3.05, 3.63) is 0 Å². The lowest BCUT2D eigenvalue weighted by molar-refractivity contribution is -0.148. The normalized spacial score (nSPS) is 26.4. The molecule has 0 unspecified atom stereocenters. The van der Waals surface area contributed by atoms with E-state index in [1.165, 1.54) is 25.7 Å². The molecule has 0 radical (unpaired) electrons. The highest BCUT2D eigenvalue weighted by molar-refractivity contribution is 5.87. The van der Waals surface area contributed by atoms with Crippen molar-refractivity contribution in [1.29, 1.82) is 0 Å². The highest BCUT2D eigenvalue weighted by atomic mass is 16.2. The Bertz CT molecular complexity index is 357. The number of piperazine rings is 1. The van der Waals surface area contributed by atoms with Gasteiger partial charge < -0.3 is 9.80 Å². The van der Waals surface area contributed by atoms with Crippen LogP contribution in [0.25, 0.3) is 0 Å². The Hall–Kier alpha value is -1.06. The van der Waals surface area contributed by atoms with Crippen LogP contribution < -0.4 is 0 Å². The molecule has 2 aliphatic carbocycles. The van der Waals surface area contributed by atoms with E-state index in [1.54, 1.807) is 0 Å². The van der Waals surface area contributed by atoms with Crippen molar-refractivity contribution in [3.63, 3.8) is 0 Å². The van der Waals surface area contributed by atoms with Gasteiger partial charge >= 0.3 is 0 Å². The number of hydrogen-bond donors (Lipinski definition) is 0. The van der Waals surface area contributed by atoms with Crippen LogP contribution in [0, 0.1) is 5.92 Å². The van der Waals surface area contributed by atoms with Crippen molar-refractivity contribution in [2.75, 3.05) is 19.6 Å². The molecule has 2 saturated carbocycles. The van der Waals surface area contributed by atoms with Crippen LogP contribution in [0.15, 0.2) is 0 Å². The van der Waals surface area contributed by atoms with Crippen LogP contribution in [0.5, 0.6) is 0 Å². The quantitative estimate of drug-likeness (QED) is 0.713. The minimum atomic E-state index is 0.163. The molecule has 2 amide bonds. The molecule has 3 rings (SSSR count). The monoisotopic (exact) mass is 264 g/mol. The van der Waals surface area contributed by atoms with Crippen LogP contribution in [-0.4, -0.2) is 47.3 Å². The maximum absolute atomic E-state index is 12.5. The first-order valence-corrected chi connectivity index (χ1v) is 7.84. The molecule has 0 atom stereocenters. The molecule has 4 nitrogen and oxygen atoms in total. The molecule has 1 aliphatic heterocycles.